The Bertz CT molecular complexity index is 984. The molecule has 3 atom stereocenters. The third-order valence-electron chi connectivity index (χ3n) is 5.31. The minimum Gasteiger partial charge on any atom is -0.344 e. The van der Waals surface area contributed by atoms with Gasteiger partial charge in [0.05, 0.1) is 5.69 Å². The van der Waals surface area contributed by atoms with E-state index in [1.807, 2.05) is 67.6 Å². The van der Waals surface area contributed by atoms with Crippen molar-refractivity contribution in [2.75, 3.05) is 5.32 Å². The van der Waals surface area contributed by atoms with Crippen LogP contribution in [0.4, 0.5) is 5.82 Å². The van der Waals surface area contributed by atoms with Gasteiger partial charge >= 0.3 is 0 Å². The molecular formula is C23H24N4O2. The maximum atomic E-state index is 12.6. The van der Waals surface area contributed by atoms with Gasteiger partial charge in [-0.05, 0) is 29.9 Å². The van der Waals surface area contributed by atoms with Gasteiger partial charge in [-0.2, -0.15) is 5.10 Å². The highest BCUT2D eigenvalue weighted by molar-refractivity contribution is 5.97. The van der Waals surface area contributed by atoms with Crippen molar-refractivity contribution in [1.29, 1.82) is 0 Å². The second-order valence-electron chi connectivity index (χ2n) is 7.35. The van der Waals surface area contributed by atoms with E-state index in [0.29, 0.717) is 12.2 Å². The fourth-order valence-electron chi connectivity index (χ4n) is 3.55. The number of amides is 2. The van der Waals surface area contributed by atoms with E-state index in [4.69, 9.17) is 0 Å². The van der Waals surface area contributed by atoms with Gasteiger partial charge in [0.2, 0.25) is 11.8 Å². The summed E-state index contributed by atoms with van der Waals surface area (Å²) in [6.07, 6.45) is 1.34. The Kier molecular flexibility index (Phi) is 5.42. The van der Waals surface area contributed by atoms with Crippen LogP contribution in [0.25, 0.3) is 11.3 Å². The third kappa shape index (κ3) is 4.37. The van der Waals surface area contributed by atoms with Crippen molar-refractivity contribution >= 4 is 17.6 Å². The molecule has 6 heteroatoms. The minimum atomic E-state index is -0.587. The highest BCUT2D eigenvalue weighted by Crippen LogP contribution is 2.47. The van der Waals surface area contributed by atoms with Gasteiger partial charge in [-0.3, -0.25) is 14.7 Å². The lowest BCUT2D eigenvalue weighted by Gasteiger charge is -2.16. The molecule has 0 aliphatic heterocycles. The van der Waals surface area contributed by atoms with Gasteiger partial charge in [-0.25, -0.2) is 0 Å². The molecule has 1 heterocycles. The highest BCUT2D eigenvalue weighted by Gasteiger charge is 2.44. The van der Waals surface area contributed by atoms with Crippen molar-refractivity contribution in [2.24, 2.45) is 5.92 Å². The lowest BCUT2D eigenvalue weighted by molar-refractivity contribution is -0.127. The molecule has 1 aliphatic carbocycles. The molecule has 3 unspecified atom stereocenters. The SMILES string of the molecule is CCC(NC(=O)C1CC1c1ccccc1)C(=O)Nc1cc(-c2ccccc2)[nH]n1. The molecule has 3 aromatic rings. The molecular weight excluding hydrogens is 364 g/mol. The molecule has 1 fully saturated rings. The molecule has 1 aromatic heterocycles. The topological polar surface area (TPSA) is 86.9 Å². The van der Waals surface area contributed by atoms with E-state index in [9.17, 15) is 9.59 Å². The van der Waals surface area contributed by atoms with Gasteiger partial charge < -0.3 is 10.6 Å². The Morgan fingerprint density at radius 3 is 2.48 bits per heavy atom. The normalized spacial score (nSPS) is 18.7. The standard InChI is InChI=1S/C23H24N4O2/c1-2-19(24-22(28)18-13-17(18)15-9-5-3-6-10-15)23(29)25-21-14-20(26-27-21)16-11-7-4-8-12-16/h3-12,14,17-19H,2,13H2,1H3,(H,24,28)(H2,25,26,27,29). The van der Waals surface area contributed by atoms with Gasteiger partial charge in [0, 0.05) is 12.0 Å². The van der Waals surface area contributed by atoms with E-state index < -0.39 is 6.04 Å². The minimum absolute atomic E-state index is 0.0608. The number of nitrogens with one attached hydrogen (secondary N) is 3. The fourth-order valence-corrected chi connectivity index (χ4v) is 3.55. The quantitative estimate of drug-likeness (QED) is 0.577. The highest BCUT2D eigenvalue weighted by atomic mass is 16.2. The zero-order chi connectivity index (χ0) is 20.2. The van der Waals surface area contributed by atoms with Crippen molar-refractivity contribution < 1.29 is 9.59 Å². The average Bonchev–Trinajstić information content (AvgIpc) is 3.44. The second-order valence-corrected chi connectivity index (χ2v) is 7.35. The first-order valence-corrected chi connectivity index (χ1v) is 9.92. The second kappa shape index (κ2) is 8.31. The Labute approximate surface area is 169 Å². The van der Waals surface area contributed by atoms with Gasteiger partial charge in [-0.1, -0.05) is 67.6 Å². The third-order valence-corrected chi connectivity index (χ3v) is 5.31. The molecule has 1 saturated carbocycles. The predicted molar refractivity (Wildman–Crippen MR) is 112 cm³/mol. The van der Waals surface area contributed by atoms with Crippen LogP contribution in [0, 0.1) is 5.92 Å². The summed E-state index contributed by atoms with van der Waals surface area (Å²) in [7, 11) is 0. The summed E-state index contributed by atoms with van der Waals surface area (Å²) in [5.41, 5.74) is 2.98. The van der Waals surface area contributed by atoms with E-state index in [-0.39, 0.29) is 23.7 Å². The summed E-state index contributed by atoms with van der Waals surface area (Å²) in [4.78, 5) is 25.2. The van der Waals surface area contributed by atoms with E-state index >= 15 is 0 Å². The van der Waals surface area contributed by atoms with Crippen molar-refractivity contribution in [3.8, 4) is 11.3 Å². The number of carbonyl (C=O) groups excluding carboxylic acids is 2. The van der Waals surface area contributed by atoms with Crippen LogP contribution < -0.4 is 10.6 Å². The molecule has 2 amide bonds. The zero-order valence-electron chi connectivity index (χ0n) is 16.3. The first-order valence-electron chi connectivity index (χ1n) is 9.92. The van der Waals surface area contributed by atoms with Crippen molar-refractivity contribution in [2.45, 2.75) is 31.7 Å². The van der Waals surface area contributed by atoms with Crippen molar-refractivity contribution in [3.63, 3.8) is 0 Å². The van der Waals surface area contributed by atoms with Crippen molar-refractivity contribution in [1.82, 2.24) is 15.5 Å². The molecule has 3 N–H and O–H groups in total. The molecule has 0 saturated heterocycles. The number of anilines is 1. The molecule has 0 bridgehead atoms. The number of carbonyl (C=O) groups is 2. The monoisotopic (exact) mass is 388 g/mol. The van der Waals surface area contributed by atoms with Gasteiger partial charge in [0.25, 0.3) is 0 Å². The van der Waals surface area contributed by atoms with Gasteiger partial charge in [0.15, 0.2) is 5.82 Å². The van der Waals surface area contributed by atoms with Crippen LogP contribution in [0.15, 0.2) is 66.7 Å². The van der Waals surface area contributed by atoms with E-state index in [0.717, 1.165) is 17.7 Å². The molecule has 29 heavy (non-hydrogen) atoms. The first kappa shape index (κ1) is 18.9. The molecule has 2 aromatic carbocycles. The summed E-state index contributed by atoms with van der Waals surface area (Å²) >= 11 is 0. The van der Waals surface area contributed by atoms with Crippen LogP contribution >= 0.6 is 0 Å². The lowest BCUT2D eigenvalue weighted by atomic mass is 10.1. The molecule has 6 nitrogen and oxygen atoms in total. The maximum absolute atomic E-state index is 12.6. The summed E-state index contributed by atoms with van der Waals surface area (Å²) < 4.78 is 0. The number of aromatic amines is 1. The summed E-state index contributed by atoms with van der Waals surface area (Å²) in [6.45, 7) is 1.88. The molecule has 148 valence electrons. The van der Waals surface area contributed by atoms with Crippen LogP contribution in [0.1, 0.15) is 31.2 Å². The number of aromatic nitrogens is 2. The maximum Gasteiger partial charge on any atom is 0.248 e. The van der Waals surface area contributed by atoms with Crippen LogP contribution in [0.3, 0.4) is 0 Å². The Morgan fingerprint density at radius 1 is 1.10 bits per heavy atom. The Morgan fingerprint density at radius 2 is 1.79 bits per heavy atom. The van der Waals surface area contributed by atoms with Gasteiger partial charge in [-0.15, -0.1) is 0 Å². The number of H-pyrrole nitrogens is 1. The molecule has 1 aliphatic rings. The zero-order valence-corrected chi connectivity index (χ0v) is 16.3. The molecule has 4 rings (SSSR count). The van der Waals surface area contributed by atoms with Gasteiger partial charge in [0.1, 0.15) is 6.04 Å². The first-order chi connectivity index (χ1) is 14.2. The number of benzene rings is 2. The van der Waals surface area contributed by atoms with Crippen LogP contribution in [0.2, 0.25) is 0 Å². The molecule has 0 spiro atoms. The van der Waals surface area contributed by atoms with E-state index in [1.165, 1.54) is 5.56 Å². The van der Waals surface area contributed by atoms with Crippen molar-refractivity contribution in [3.05, 3.63) is 72.3 Å². The number of hydrogen-bond donors (Lipinski definition) is 3. The number of nitrogens with zero attached hydrogens (tertiary/aromatic N) is 1. The Hall–Kier alpha value is -3.41. The Balaban J connectivity index is 1.34. The van der Waals surface area contributed by atoms with E-state index in [2.05, 4.69) is 20.8 Å². The van der Waals surface area contributed by atoms with Crippen LogP contribution in [-0.4, -0.2) is 28.1 Å². The largest absolute Gasteiger partial charge is 0.344 e. The lowest BCUT2D eigenvalue weighted by Crippen LogP contribution is -2.44. The predicted octanol–water partition coefficient (Wildman–Crippen LogP) is 3.71. The fraction of sp³-hybridized carbons (Fsp3) is 0.261. The summed E-state index contributed by atoms with van der Waals surface area (Å²) in [5, 5.41) is 12.8. The van der Waals surface area contributed by atoms with Crippen LogP contribution in [0.5, 0.6) is 0 Å². The number of rotatable bonds is 7. The number of hydrogen-bond acceptors (Lipinski definition) is 3. The van der Waals surface area contributed by atoms with E-state index in [1.54, 1.807) is 6.07 Å². The van der Waals surface area contributed by atoms with Crippen LogP contribution in [-0.2, 0) is 9.59 Å². The molecule has 0 radical (unpaired) electrons. The summed E-state index contributed by atoms with van der Waals surface area (Å²) in [5.74, 6) is 0.303. The smallest absolute Gasteiger partial charge is 0.248 e. The average molecular weight is 388 g/mol. The summed E-state index contributed by atoms with van der Waals surface area (Å²) in [6, 6.07) is 21.0.